The molecule has 1 saturated heterocycles. The van der Waals surface area contributed by atoms with Gasteiger partial charge in [-0.3, -0.25) is 9.88 Å². The number of carbonyl (C=O) groups is 1. The van der Waals surface area contributed by atoms with Crippen LogP contribution in [0.3, 0.4) is 0 Å². The molecule has 1 aliphatic heterocycles. The number of carboxylic acid groups (broad SMARTS) is 1. The molecule has 3 aromatic rings. The lowest BCUT2D eigenvalue weighted by atomic mass is 9.69. The van der Waals surface area contributed by atoms with E-state index in [-0.39, 0.29) is 23.7 Å². The Morgan fingerprint density at radius 3 is 2.75 bits per heavy atom. The van der Waals surface area contributed by atoms with E-state index in [0.29, 0.717) is 10.5 Å². The summed E-state index contributed by atoms with van der Waals surface area (Å²) in [6.45, 7) is 1.16. The van der Waals surface area contributed by atoms with Gasteiger partial charge in [0.15, 0.2) is 0 Å². The molecule has 0 saturated carbocycles. The third-order valence-corrected chi connectivity index (χ3v) is 7.18. The average molecular weight is 502 g/mol. The number of fused-ring (bicyclic) bond motifs is 2. The predicted octanol–water partition coefficient (Wildman–Crippen LogP) is 3.43. The average Bonchev–Trinajstić information content (AvgIpc) is 3.11. The molecule has 0 radical (unpaired) electrons. The number of aryl methyl sites for hydroxylation is 1. The molecular formula is C24H28BrN3O4. The van der Waals surface area contributed by atoms with E-state index in [4.69, 9.17) is 9.84 Å². The molecule has 5 rings (SSSR count). The molecule has 1 aromatic carbocycles. The van der Waals surface area contributed by atoms with Crippen LogP contribution in [0.25, 0.3) is 10.9 Å². The number of likely N-dealkylation sites (tertiary alicyclic amines) is 1. The van der Waals surface area contributed by atoms with E-state index >= 15 is 0 Å². The van der Waals surface area contributed by atoms with Gasteiger partial charge in [-0.15, -0.1) is 0 Å². The Morgan fingerprint density at radius 2 is 2.12 bits per heavy atom. The highest BCUT2D eigenvalue weighted by Gasteiger charge is 2.51. The molecule has 0 amide bonds. The van der Waals surface area contributed by atoms with Gasteiger partial charge in [0.2, 0.25) is 0 Å². The molecule has 3 atom stereocenters. The van der Waals surface area contributed by atoms with E-state index in [1.165, 1.54) is 40.5 Å². The number of pyridine rings is 1. The summed E-state index contributed by atoms with van der Waals surface area (Å²) in [5.41, 5.74) is 3.86. The number of hydrogen-bond donors (Lipinski definition) is 2. The summed E-state index contributed by atoms with van der Waals surface area (Å²) in [6.07, 6.45) is 7.00. The first-order valence-corrected chi connectivity index (χ1v) is 11.4. The Morgan fingerprint density at radius 1 is 1.34 bits per heavy atom. The van der Waals surface area contributed by atoms with Gasteiger partial charge in [-0.1, -0.05) is 12.1 Å². The first kappa shape index (κ1) is 22.9. The zero-order valence-corrected chi connectivity index (χ0v) is 20.0. The van der Waals surface area contributed by atoms with Gasteiger partial charge >= 0.3 is 5.97 Å². The second kappa shape index (κ2) is 8.94. The van der Waals surface area contributed by atoms with Crippen LogP contribution in [0.2, 0.25) is 0 Å². The third-order valence-electron chi connectivity index (χ3n) is 6.74. The van der Waals surface area contributed by atoms with Crippen LogP contribution in [0.1, 0.15) is 27.9 Å². The highest BCUT2D eigenvalue weighted by molar-refractivity contribution is 9.10. The molecule has 1 unspecified atom stereocenters. The number of nitrogens with zero attached hydrogens (tertiary/aromatic N) is 3. The minimum absolute atomic E-state index is 0.189. The van der Waals surface area contributed by atoms with Crippen LogP contribution in [0, 0.1) is 5.92 Å². The van der Waals surface area contributed by atoms with Crippen molar-refractivity contribution in [2.24, 2.45) is 13.0 Å². The van der Waals surface area contributed by atoms with E-state index in [1.807, 2.05) is 7.11 Å². The molecule has 8 heteroatoms. The van der Waals surface area contributed by atoms with Gasteiger partial charge in [0.25, 0.3) is 0 Å². The van der Waals surface area contributed by atoms with E-state index in [1.54, 1.807) is 0 Å². The van der Waals surface area contributed by atoms with Crippen molar-refractivity contribution in [3.05, 3.63) is 64.0 Å². The van der Waals surface area contributed by atoms with Gasteiger partial charge in [-0.25, -0.2) is 4.79 Å². The molecule has 0 bridgehead atoms. The Balaban J connectivity index is 0.000000207. The SMILES string of the molecule is CO[C@]12CC(CO)CN(C)[C@@H]1Cc1cn(C)c3cccc2c13.O=C(O)c1cncc(Br)c1. The summed E-state index contributed by atoms with van der Waals surface area (Å²) in [4.78, 5) is 16.3. The van der Waals surface area contributed by atoms with Crippen LogP contribution in [-0.4, -0.2) is 64.0 Å². The smallest absolute Gasteiger partial charge is 0.337 e. The maximum atomic E-state index is 10.3. The summed E-state index contributed by atoms with van der Waals surface area (Å²) >= 11 is 3.10. The lowest BCUT2D eigenvalue weighted by molar-refractivity contribution is -0.130. The maximum Gasteiger partial charge on any atom is 0.337 e. The second-order valence-corrected chi connectivity index (χ2v) is 9.58. The second-order valence-electron chi connectivity index (χ2n) is 8.67. The number of carboxylic acids is 1. The van der Waals surface area contributed by atoms with Gasteiger partial charge in [0.1, 0.15) is 5.60 Å². The van der Waals surface area contributed by atoms with Crippen LogP contribution in [-0.2, 0) is 23.8 Å². The lowest BCUT2D eigenvalue weighted by Gasteiger charge is -2.52. The minimum atomic E-state index is -0.964. The first-order chi connectivity index (χ1) is 15.3. The molecule has 2 aliphatic rings. The minimum Gasteiger partial charge on any atom is -0.478 e. The summed E-state index contributed by atoms with van der Waals surface area (Å²) in [5.74, 6) is -0.699. The lowest BCUT2D eigenvalue weighted by Crippen LogP contribution is -2.59. The molecule has 3 heterocycles. The number of halogens is 1. The highest BCUT2D eigenvalue weighted by Crippen LogP contribution is 2.49. The number of piperidine rings is 1. The zero-order valence-electron chi connectivity index (χ0n) is 18.5. The fourth-order valence-electron chi connectivity index (χ4n) is 5.37. The largest absolute Gasteiger partial charge is 0.478 e. The Hall–Kier alpha value is -2.26. The van der Waals surface area contributed by atoms with Gasteiger partial charge < -0.3 is 19.5 Å². The van der Waals surface area contributed by atoms with Crippen molar-refractivity contribution in [3.63, 3.8) is 0 Å². The Kier molecular flexibility index (Phi) is 6.40. The zero-order chi connectivity index (χ0) is 23.0. The van der Waals surface area contributed by atoms with Crippen LogP contribution < -0.4 is 0 Å². The number of likely N-dealkylation sites (N-methyl/N-ethyl adjacent to an activating group) is 1. The van der Waals surface area contributed by atoms with E-state index in [0.717, 1.165) is 19.4 Å². The number of rotatable bonds is 3. The van der Waals surface area contributed by atoms with Crippen molar-refractivity contribution in [1.82, 2.24) is 14.5 Å². The van der Waals surface area contributed by atoms with Crippen LogP contribution in [0.15, 0.2) is 47.3 Å². The van der Waals surface area contributed by atoms with Crippen molar-refractivity contribution in [2.75, 3.05) is 27.3 Å². The molecule has 1 fully saturated rings. The molecule has 0 spiro atoms. The van der Waals surface area contributed by atoms with E-state index < -0.39 is 5.97 Å². The van der Waals surface area contributed by atoms with Crippen molar-refractivity contribution < 1.29 is 19.7 Å². The number of aromatic nitrogens is 2. The normalized spacial score (nSPS) is 24.5. The molecular weight excluding hydrogens is 474 g/mol. The van der Waals surface area contributed by atoms with Crippen molar-refractivity contribution >= 4 is 32.8 Å². The Bertz CT molecular complexity index is 1150. The van der Waals surface area contributed by atoms with Crippen LogP contribution >= 0.6 is 15.9 Å². The number of hydrogen-bond acceptors (Lipinski definition) is 5. The summed E-state index contributed by atoms with van der Waals surface area (Å²) in [6, 6.07) is 8.36. The van der Waals surface area contributed by atoms with E-state index in [2.05, 4.69) is 68.9 Å². The number of aliphatic hydroxyl groups excluding tert-OH is 1. The molecule has 32 heavy (non-hydrogen) atoms. The van der Waals surface area contributed by atoms with Gasteiger partial charge in [-0.2, -0.15) is 0 Å². The molecule has 1 aliphatic carbocycles. The Labute approximate surface area is 195 Å². The van der Waals surface area contributed by atoms with Gasteiger partial charge in [0.05, 0.1) is 5.56 Å². The maximum absolute atomic E-state index is 10.3. The van der Waals surface area contributed by atoms with Crippen LogP contribution in [0.5, 0.6) is 0 Å². The van der Waals surface area contributed by atoms with Crippen molar-refractivity contribution in [3.8, 4) is 0 Å². The number of aliphatic hydroxyl groups is 1. The van der Waals surface area contributed by atoms with E-state index in [9.17, 15) is 9.90 Å². The molecule has 2 N–H and O–H groups in total. The van der Waals surface area contributed by atoms with Gasteiger partial charge in [0, 0.05) is 67.3 Å². The quantitative estimate of drug-likeness (QED) is 0.571. The molecule has 7 nitrogen and oxygen atoms in total. The van der Waals surface area contributed by atoms with Crippen molar-refractivity contribution in [2.45, 2.75) is 24.5 Å². The summed E-state index contributed by atoms with van der Waals surface area (Å²) < 4.78 is 9.07. The van der Waals surface area contributed by atoms with Crippen molar-refractivity contribution in [1.29, 1.82) is 0 Å². The summed E-state index contributed by atoms with van der Waals surface area (Å²) in [7, 11) is 6.10. The topological polar surface area (TPSA) is 87.8 Å². The number of methoxy groups -OCH3 is 1. The molecule has 2 aromatic heterocycles. The number of ether oxygens (including phenoxy) is 1. The first-order valence-electron chi connectivity index (χ1n) is 10.6. The third kappa shape index (κ3) is 3.85. The fraction of sp³-hybridized carbons (Fsp3) is 0.417. The summed E-state index contributed by atoms with van der Waals surface area (Å²) in [5, 5.41) is 19.5. The standard InChI is InChI=1S/C18H24N2O2.C6H4BrNO2/c1-19-10-13-7-16-18(22-3,8-12(11-21)9-20(16)2)14-5-4-6-15(19)17(13)14;7-5-1-4(6(9)10)2-8-3-5/h4-6,10,12,16,21H,7-9,11H2,1-3H3;1-3H,(H,9,10)/t12?,16-,18+;/m1./s1. The predicted molar refractivity (Wildman–Crippen MR) is 126 cm³/mol. The number of aromatic carboxylic acids is 1. The van der Waals surface area contributed by atoms with Gasteiger partial charge in [-0.05, 0) is 65.0 Å². The molecule has 170 valence electrons. The van der Waals surface area contributed by atoms with Crippen LogP contribution in [0.4, 0.5) is 0 Å². The number of benzene rings is 1. The highest BCUT2D eigenvalue weighted by atomic mass is 79.9. The fourth-order valence-corrected chi connectivity index (χ4v) is 5.73. The monoisotopic (exact) mass is 501 g/mol.